The van der Waals surface area contributed by atoms with Crippen molar-refractivity contribution in [3.8, 4) is 0 Å². The Kier molecular flexibility index (Phi) is 2.44. The highest BCUT2D eigenvalue weighted by Gasteiger charge is 2.01. The molecule has 1 unspecified atom stereocenters. The van der Waals surface area contributed by atoms with Gasteiger partial charge in [0.2, 0.25) is 0 Å². The molecule has 0 saturated carbocycles. The van der Waals surface area contributed by atoms with Crippen LogP contribution in [0.3, 0.4) is 0 Å². The molecule has 0 aromatic carbocycles. The lowest BCUT2D eigenvalue weighted by Crippen LogP contribution is -1.85. The highest BCUT2D eigenvalue weighted by atomic mass is 31.1. The fourth-order valence-corrected chi connectivity index (χ4v) is 1.69. The molecule has 0 aromatic heterocycles. The molecule has 0 bridgehead atoms. The molecule has 1 heterocycles. The predicted molar refractivity (Wildman–Crippen MR) is 41.5 cm³/mol. The van der Waals surface area contributed by atoms with E-state index >= 15 is 0 Å². The zero-order valence-electron chi connectivity index (χ0n) is 5.54. The summed E-state index contributed by atoms with van der Waals surface area (Å²) in [7, 11) is -0.781. The number of allylic oxidation sites excluding steroid dienone is 3. The first kappa shape index (κ1) is 6.98. The highest BCUT2D eigenvalue weighted by molar-refractivity contribution is 7.55. The van der Waals surface area contributed by atoms with Crippen molar-refractivity contribution < 1.29 is 4.89 Å². The summed E-state index contributed by atoms with van der Waals surface area (Å²) in [6.07, 6.45) is 6.08. The van der Waals surface area contributed by atoms with Crippen LogP contribution in [0, 0.1) is 0 Å². The maximum absolute atomic E-state index is 9.06. The second kappa shape index (κ2) is 3.14. The summed E-state index contributed by atoms with van der Waals surface area (Å²) in [6.45, 7) is 2.13. The van der Waals surface area contributed by atoms with Crippen molar-refractivity contribution in [2.75, 3.05) is 6.16 Å². The normalized spacial score (nSPS) is 26.0. The Bertz CT molecular complexity index is 149. The minimum Gasteiger partial charge on any atom is -0.369 e. The third kappa shape index (κ3) is 1.92. The lowest BCUT2D eigenvalue weighted by Gasteiger charge is -2.08. The fraction of sp³-hybridized carbons (Fsp3) is 0.429. The molecule has 0 aliphatic carbocycles. The minimum atomic E-state index is -0.781. The molecule has 9 heavy (non-hydrogen) atoms. The summed E-state index contributed by atoms with van der Waals surface area (Å²) >= 11 is 0. The van der Waals surface area contributed by atoms with E-state index in [1.54, 1.807) is 0 Å². The summed E-state index contributed by atoms with van der Waals surface area (Å²) in [5, 5.41) is 0. The SMILES string of the molecule is CCC1=CCP(O)C=C1. The van der Waals surface area contributed by atoms with E-state index in [1.807, 2.05) is 11.9 Å². The first-order chi connectivity index (χ1) is 4.33. The zero-order valence-corrected chi connectivity index (χ0v) is 6.44. The summed E-state index contributed by atoms with van der Waals surface area (Å²) in [4.78, 5) is 9.06. The van der Waals surface area contributed by atoms with Crippen LogP contribution >= 0.6 is 8.15 Å². The Balaban J connectivity index is 2.52. The van der Waals surface area contributed by atoms with Gasteiger partial charge in [-0.2, -0.15) is 0 Å². The van der Waals surface area contributed by atoms with Crippen molar-refractivity contribution in [1.29, 1.82) is 0 Å². The second-order valence-corrected chi connectivity index (χ2v) is 3.61. The standard InChI is InChI=1S/C7H11OP/c1-2-7-3-5-9(8)6-4-7/h3-5,8H,2,6H2,1H3. The lowest BCUT2D eigenvalue weighted by molar-refractivity contribution is 0.636. The third-order valence-corrected chi connectivity index (χ3v) is 2.46. The van der Waals surface area contributed by atoms with Crippen molar-refractivity contribution in [3.63, 3.8) is 0 Å². The van der Waals surface area contributed by atoms with Crippen LogP contribution in [0.25, 0.3) is 0 Å². The average Bonchev–Trinajstić information content (AvgIpc) is 1.90. The highest BCUT2D eigenvalue weighted by Crippen LogP contribution is 2.35. The molecule has 0 radical (unpaired) electrons. The topological polar surface area (TPSA) is 20.2 Å². The van der Waals surface area contributed by atoms with E-state index in [4.69, 9.17) is 4.89 Å². The number of hydrogen-bond acceptors (Lipinski definition) is 1. The molecule has 2 heteroatoms. The molecule has 0 spiro atoms. The molecule has 1 rings (SSSR count). The van der Waals surface area contributed by atoms with Crippen LogP contribution in [0.2, 0.25) is 0 Å². The lowest BCUT2D eigenvalue weighted by atomic mass is 10.2. The molecule has 1 atom stereocenters. The van der Waals surface area contributed by atoms with Crippen molar-refractivity contribution >= 4 is 8.15 Å². The van der Waals surface area contributed by atoms with Crippen LogP contribution in [0.15, 0.2) is 23.5 Å². The van der Waals surface area contributed by atoms with Gasteiger partial charge in [-0.1, -0.05) is 24.6 Å². The summed E-state index contributed by atoms with van der Waals surface area (Å²) < 4.78 is 0. The van der Waals surface area contributed by atoms with E-state index in [0.717, 1.165) is 12.6 Å². The first-order valence-corrected chi connectivity index (χ1v) is 4.70. The van der Waals surface area contributed by atoms with Gasteiger partial charge in [0.25, 0.3) is 0 Å². The van der Waals surface area contributed by atoms with E-state index in [0.29, 0.717) is 0 Å². The maximum Gasteiger partial charge on any atom is 0.0528 e. The minimum absolute atomic E-state index is 0.781. The van der Waals surface area contributed by atoms with Crippen LogP contribution in [-0.4, -0.2) is 11.1 Å². The van der Waals surface area contributed by atoms with Crippen molar-refractivity contribution in [2.24, 2.45) is 0 Å². The van der Waals surface area contributed by atoms with Crippen LogP contribution in [0.1, 0.15) is 13.3 Å². The summed E-state index contributed by atoms with van der Waals surface area (Å²) in [6, 6.07) is 0. The number of hydrogen-bond donors (Lipinski definition) is 1. The predicted octanol–water partition coefficient (Wildman–Crippen LogP) is 2.24. The van der Waals surface area contributed by atoms with Crippen LogP contribution in [-0.2, 0) is 0 Å². The quantitative estimate of drug-likeness (QED) is 0.556. The van der Waals surface area contributed by atoms with Gasteiger partial charge in [-0.3, -0.25) is 0 Å². The van der Waals surface area contributed by atoms with Gasteiger partial charge in [0.05, 0.1) is 8.15 Å². The molecular weight excluding hydrogens is 131 g/mol. The maximum atomic E-state index is 9.06. The van der Waals surface area contributed by atoms with E-state index in [1.165, 1.54) is 5.57 Å². The average molecular weight is 142 g/mol. The van der Waals surface area contributed by atoms with E-state index in [9.17, 15) is 0 Å². The monoisotopic (exact) mass is 142 g/mol. The fourth-order valence-electron chi connectivity index (χ4n) is 0.784. The van der Waals surface area contributed by atoms with Gasteiger partial charge in [-0.15, -0.1) is 0 Å². The van der Waals surface area contributed by atoms with Crippen molar-refractivity contribution in [3.05, 3.63) is 23.5 Å². The molecular formula is C7H11OP. The Morgan fingerprint density at radius 3 is 3.00 bits per heavy atom. The van der Waals surface area contributed by atoms with Gasteiger partial charge in [0.15, 0.2) is 0 Å². The van der Waals surface area contributed by atoms with Gasteiger partial charge in [0, 0.05) is 6.16 Å². The molecule has 1 nitrogen and oxygen atoms in total. The molecule has 1 aliphatic rings. The Hall–Kier alpha value is -0.130. The van der Waals surface area contributed by atoms with Gasteiger partial charge < -0.3 is 4.89 Å². The number of rotatable bonds is 1. The van der Waals surface area contributed by atoms with Gasteiger partial charge in [-0.25, -0.2) is 0 Å². The largest absolute Gasteiger partial charge is 0.369 e. The van der Waals surface area contributed by atoms with Gasteiger partial charge in [0.1, 0.15) is 0 Å². The van der Waals surface area contributed by atoms with Crippen LogP contribution in [0.5, 0.6) is 0 Å². The molecule has 0 aromatic rings. The first-order valence-electron chi connectivity index (χ1n) is 3.15. The van der Waals surface area contributed by atoms with Crippen LogP contribution < -0.4 is 0 Å². The molecule has 1 N–H and O–H groups in total. The van der Waals surface area contributed by atoms with E-state index in [2.05, 4.69) is 13.0 Å². The summed E-state index contributed by atoms with van der Waals surface area (Å²) in [5.41, 5.74) is 1.35. The third-order valence-electron chi connectivity index (χ3n) is 1.41. The van der Waals surface area contributed by atoms with E-state index < -0.39 is 8.15 Å². The zero-order chi connectivity index (χ0) is 6.69. The summed E-state index contributed by atoms with van der Waals surface area (Å²) in [5.74, 6) is 1.91. The Labute approximate surface area is 56.9 Å². The molecule has 50 valence electrons. The molecule has 1 aliphatic heterocycles. The van der Waals surface area contributed by atoms with Gasteiger partial charge >= 0.3 is 0 Å². The molecule has 0 amide bonds. The van der Waals surface area contributed by atoms with Gasteiger partial charge in [-0.05, 0) is 12.2 Å². The Morgan fingerprint density at radius 2 is 2.56 bits per heavy atom. The molecule has 0 saturated heterocycles. The van der Waals surface area contributed by atoms with E-state index in [-0.39, 0.29) is 0 Å². The van der Waals surface area contributed by atoms with Crippen molar-refractivity contribution in [2.45, 2.75) is 13.3 Å². The molecule has 0 fully saturated rings. The van der Waals surface area contributed by atoms with Crippen LogP contribution in [0.4, 0.5) is 0 Å². The second-order valence-electron chi connectivity index (χ2n) is 2.07. The Morgan fingerprint density at radius 1 is 1.78 bits per heavy atom. The smallest absolute Gasteiger partial charge is 0.0528 e. The van der Waals surface area contributed by atoms with Crippen molar-refractivity contribution in [1.82, 2.24) is 0 Å².